The molecule has 0 saturated heterocycles. The van der Waals surface area contributed by atoms with Crippen LogP contribution in [0.2, 0.25) is 0 Å². The van der Waals surface area contributed by atoms with E-state index in [9.17, 15) is 0 Å². The molecule has 1 aliphatic carbocycles. The Kier molecular flexibility index (Phi) is 3.58. The fraction of sp³-hybridized carbons (Fsp3) is 0.571. The highest BCUT2D eigenvalue weighted by atomic mass is 79.9. The van der Waals surface area contributed by atoms with Gasteiger partial charge in [-0.15, -0.1) is 0 Å². The lowest BCUT2D eigenvalue weighted by atomic mass is 9.80. The molecule has 1 aliphatic rings. The van der Waals surface area contributed by atoms with Crippen LogP contribution in [0, 0.1) is 6.92 Å². The molecule has 1 aromatic carbocycles. The first kappa shape index (κ1) is 12.0. The van der Waals surface area contributed by atoms with Gasteiger partial charge in [-0.1, -0.05) is 40.9 Å². The van der Waals surface area contributed by atoms with Crippen LogP contribution in [0.15, 0.2) is 18.2 Å². The number of benzene rings is 1. The van der Waals surface area contributed by atoms with E-state index < -0.39 is 0 Å². The first-order valence-corrected chi connectivity index (χ1v) is 7.05. The topological polar surface area (TPSA) is 9.23 Å². The van der Waals surface area contributed by atoms with Crippen LogP contribution in [0.25, 0.3) is 0 Å². The van der Waals surface area contributed by atoms with Crippen LogP contribution in [0.3, 0.4) is 0 Å². The highest BCUT2D eigenvalue weighted by Gasteiger charge is 2.34. The van der Waals surface area contributed by atoms with E-state index in [1.807, 2.05) is 0 Å². The largest absolute Gasteiger partial charge is 0.496 e. The Hall–Kier alpha value is -0.500. The monoisotopic (exact) mass is 282 g/mol. The predicted octanol–water partition coefficient (Wildman–Crippen LogP) is 4.21. The zero-order chi connectivity index (χ0) is 11.6. The van der Waals surface area contributed by atoms with Crippen LogP contribution in [0.4, 0.5) is 0 Å². The molecule has 2 heteroatoms. The van der Waals surface area contributed by atoms with Crippen molar-refractivity contribution in [2.45, 2.75) is 38.0 Å². The number of ether oxygens (including phenoxy) is 1. The number of halogens is 1. The average Bonchev–Trinajstić information content (AvgIpc) is 2.78. The van der Waals surface area contributed by atoms with Gasteiger partial charge in [0.25, 0.3) is 0 Å². The Bertz CT molecular complexity index is 367. The van der Waals surface area contributed by atoms with Crippen LogP contribution in [-0.4, -0.2) is 12.4 Å². The summed E-state index contributed by atoms with van der Waals surface area (Å²) in [6.45, 7) is 2.12. The maximum Gasteiger partial charge on any atom is 0.121 e. The smallest absolute Gasteiger partial charge is 0.121 e. The first-order chi connectivity index (χ1) is 7.72. The van der Waals surface area contributed by atoms with Gasteiger partial charge in [0, 0.05) is 10.7 Å². The van der Waals surface area contributed by atoms with Gasteiger partial charge in [0.05, 0.1) is 7.11 Å². The molecule has 1 aromatic rings. The molecule has 0 aliphatic heterocycles. The molecule has 16 heavy (non-hydrogen) atoms. The van der Waals surface area contributed by atoms with Gasteiger partial charge in [-0.2, -0.15) is 0 Å². The third-order valence-corrected chi connectivity index (χ3v) is 4.90. The van der Waals surface area contributed by atoms with Crippen molar-refractivity contribution in [2.24, 2.45) is 0 Å². The van der Waals surface area contributed by atoms with E-state index in [4.69, 9.17) is 4.74 Å². The van der Waals surface area contributed by atoms with Crippen molar-refractivity contribution in [2.75, 3.05) is 12.4 Å². The lowest BCUT2D eigenvalue weighted by Crippen LogP contribution is -2.23. The second-order valence-electron chi connectivity index (χ2n) is 4.81. The molecule has 0 amide bonds. The standard InChI is InChI=1S/C14H19BrO/c1-11-9-12(5-6-13(11)16-2)14(10-15)7-3-4-8-14/h5-6,9H,3-4,7-8,10H2,1-2H3. The van der Waals surface area contributed by atoms with Crippen LogP contribution < -0.4 is 4.74 Å². The molecular formula is C14H19BrO. The molecule has 0 atom stereocenters. The third-order valence-electron chi connectivity index (χ3n) is 3.82. The summed E-state index contributed by atoms with van der Waals surface area (Å²) in [5.74, 6) is 0.992. The number of methoxy groups -OCH3 is 1. The normalized spacial score (nSPS) is 18.7. The van der Waals surface area contributed by atoms with E-state index >= 15 is 0 Å². The Morgan fingerprint density at radius 2 is 2.00 bits per heavy atom. The van der Waals surface area contributed by atoms with Gasteiger partial charge in [-0.25, -0.2) is 0 Å². The van der Waals surface area contributed by atoms with Crippen LogP contribution in [0.5, 0.6) is 5.75 Å². The highest BCUT2D eigenvalue weighted by molar-refractivity contribution is 9.09. The van der Waals surface area contributed by atoms with Gasteiger partial charge in [0.15, 0.2) is 0 Å². The minimum absolute atomic E-state index is 0.372. The van der Waals surface area contributed by atoms with Gasteiger partial charge in [-0.3, -0.25) is 0 Å². The molecule has 1 saturated carbocycles. The summed E-state index contributed by atoms with van der Waals surface area (Å²) in [6.07, 6.45) is 5.33. The quantitative estimate of drug-likeness (QED) is 0.755. The molecule has 0 N–H and O–H groups in total. The van der Waals surface area contributed by atoms with Gasteiger partial charge in [0.1, 0.15) is 5.75 Å². The number of hydrogen-bond acceptors (Lipinski definition) is 1. The van der Waals surface area contributed by atoms with Crippen molar-refractivity contribution in [3.05, 3.63) is 29.3 Å². The van der Waals surface area contributed by atoms with Crippen molar-refractivity contribution in [1.29, 1.82) is 0 Å². The molecule has 0 radical (unpaired) electrons. The Balaban J connectivity index is 2.36. The summed E-state index contributed by atoms with van der Waals surface area (Å²) >= 11 is 3.70. The SMILES string of the molecule is COc1ccc(C2(CBr)CCCC2)cc1C. The van der Waals surface area contributed by atoms with Crippen molar-refractivity contribution in [3.63, 3.8) is 0 Å². The van der Waals surface area contributed by atoms with Crippen LogP contribution in [0.1, 0.15) is 36.8 Å². The predicted molar refractivity (Wildman–Crippen MR) is 71.7 cm³/mol. The summed E-state index contributed by atoms with van der Waals surface area (Å²) in [4.78, 5) is 0. The van der Waals surface area contributed by atoms with Crippen molar-refractivity contribution < 1.29 is 4.74 Å². The maximum atomic E-state index is 5.32. The lowest BCUT2D eigenvalue weighted by molar-refractivity contribution is 0.410. The zero-order valence-electron chi connectivity index (χ0n) is 10.1. The molecule has 0 spiro atoms. The fourth-order valence-electron chi connectivity index (χ4n) is 2.76. The summed E-state index contributed by atoms with van der Waals surface area (Å²) in [6, 6.07) is 6.64. The highest BCUT2D eigenvalue weighted by Crippen LogP contribution is 2.43. The van der Waals surface area contributed by atoms with Crippen molar-refractivity contribution in [3.8, 4) is 5.75 Å². The summed E-state index contributed by atoms with van der Waals surface area (Å²) in [5.41, 5.74) is 3.09. The summed E-state index contributed by atoms with van der Waals surface area (Å²) in [5, 5.41) is 1.08. The van der Waals surface area contributed by atoms with Crippen LogP contribution >= 0.6 is 15.9 Å². The van der Waals surface area contributed by atoms with E-state index in [1.54, 1.807) is 7.11 Å². The minimum atomic E-state index is 0.372. The first-order valence-electron chi connectivity index (χ1n) is 5.93. The molecule has 88 valence electrons. The average molecular weight is 283 g/mol. The Morgan fingerprint density at radius 1 is 1.31 bits per heavy atom. The molecule has 0 bridgehead atoms. The third kappa shape index (κ3) is 2.00. The Morgan fingerprint density at radius 3 is 2.50 bits per heavy atom. The van der Waals surface area contributed by atoms with Crippen molar-refractivity contribution in [1.82, 2.24) is 0 Å². The van der Waals surface area contributed by atoms with Gasteiger partial charge in [-0.05, 0) is 37.0 Å². The van der Waals surface area contributed by atoms with Crippen molar-refractivity contribution >= 4 is 15.9 Å². The second kappa shape index (κ2) is 4.79. The maximum absolute atomic E-state index is 5.32. The van der Waals surface area contributed by atoms with Gasteiger partial charge >= 0.3 is 0 Å². The van der Waals surface area contributed by atoms with Gasteiger partial charge in [0.2, 0.25) is 0 Å². The van der Waals surface area contributed by atoms with E-state index in [-0.39, 0.29) is 0 Å². The zero-order valence-corrected chi connectivity index (χ0v) is 11.6. The minimum Gasteiger partial charge on any atom is -0.496 e. The number of aryl methyl sites for hydroxylation is 1. The lowest BCUT2D eigenvalue weighted by Gasteiger charge is -2.27. The van der Waals surface area contributed by atoms with Crippen LogP contribution in [-0.2, 0) is 5.41 Å². The molecule has 0 aromatic heterocycles. The summed E-state index contributed by atoms with van der Waals surface area (Å²) in [7, 11) is 1.73. The number of alkyl halides is 1. The molecule has 2 rings (SSSR count). The van der Waals surface area contributed by atoms with E-state index in [0.29, 0.717) is 5.41 Å². The fourth-order valence-corrected chi connectivity index (χ4v) is 3.64. The Labute approximate surface area is 106 Å². The molecule has 0 unspecified atom stereocenters. The molecule has 1 fully saturated rings. The second-order valence-corrected chi connectivity index (χ2v) is 5.37. The van der Waals surface area contributed by atoms with E-state index in [0.717, 1.165) is 11.1 Å². The summed E-state index contributed by atoms with van der Waals surface area (Å²) < 4.78 is 5.32. The number of rotatable bonds is 3. The van der Waals surface area contributed by atoms with E-state index in [2.05, 4.69) is 41.1 Å². The number of hydrogen-bond donors (Lipinski definition) is 0. The van der Waals surface area contributed by atoms with E-state index in [1.165, 1.54) is 36.8 Å². The molecule has 1 nitrogen and oxygen atoms in total. The molecular weight excluding hydrogens is 264 g/mol. The molecule has 0 heterocycles. The van der Waals surface area contributed by atoms with Gasteiger partial charge < -0.3 is 4.74 Å².